The molecule has 34 heavy (non-hydrogen) atoms. The zero-order valence-corrected chi connectivity index (χ0v) is 19.4. The molecule has 0 bridgehead atoms. The molecule has 2 atom stereocenters. The molecule has 8 nitrogen and oxygen atoms in total. The lowest BCUT2D eigenvalue weighted by atomic mass is 9.96. The van der Waals surface area contributed by atoms with Crippen molar-refractivity contribution in [1.82, 2.24) is 24.8 Å². The third-order valence-corrected chi connectivity index (χ3v) is 5.81. The summed E-state index contributed by atoms with van der Waals surface area (Å²) in [6, 6.07) is 15.2. The van der Waals surface area contributed by atoms with Crippen LogP contribution in [-0.4, -0.2) is 43.6 Å². The average Bonchev–Trinajstić information content (AvgIpc) is 3.31. The minimum absolute atomic E-state index is 0.0744. The minimum atomic E-state index is -0.138. The zero-order valence-electron chi connectivity index (χ0n) is 19.4. The maximum absolute atomic E-state index is 12.8. The number of hydrogen-bond donors (Lipinski definition) is 1. The second-order valence-electron chi connectivity index (χ2n) is 8.22. The van der Waals surface area contributed by atoms with Gasteiger partial charge in [-0.3, -0.25) is 9.48 Å². The van der Waals surface area contributed by atoms with Crippen LogP contribution in [0.25, 0.3) is 16.5 Å². The second kappa shape index (κ2) is 11.0. The van der Waals surface area contributed by atoms with Crippen LogP contribution in [0.15, 0.2) is 77.9 Å². The lowest BCUT2D eigenvalue weighted by Gasteiger charge is -2.21. The van der Waals surface area contributed by atoms with Gasteiger partial charge in [0.1, 0.15) is 0 Å². The normalized spacial score (nSPS) is 13.5. The van der Waals surface area contributed by atoms with E-state index in [1.54, 1.807) is 18.0 Å². The number of aliphatic hydroxyl groups is 1. The Balaban J connectivity index is 1.41. The van der Waals surface area contributed by atoms with Crippen LogP contribution in [0.4, 0.5) is 0 Å². The van der Waals surface area contributed by atoms with Crippen molar-refractivity contribution in [3.05, 3.63) is 94.7 Å². The topological polar surface area (TPSA) is 95.1 Å². The Morgan fingerprint density at radius 2 is 1.94 bits per heavy atom. The van der Waals surface area contributed by atoms with E-state index in [1.807, 2.05) is 54.7 Å². The molecule has 2 aromatic carbocycles. The Labute approximate surface area is 198 Å². The van der Waals surface area contributed by atoms with Crippen LogP contribution in [0.3, 0.4) is 0 Å². The van der Waals surface area contributed by atoms with Crippen LogP contribution in [0, 0.1) is 5.92 Å². The maximum atomic E-state index is 12.8. The number of allylic oxidation sites excluding steroid dienone is 1. The summed E-state index contributed by atoms with van der Waals surface area (Å²) < 4.78 is 9.00. The lowest BCUT2D eigenvalue weighted by molar-refractivity contribution is 0.0740. The van der Waals surface area contributed by atoms with Crippen molar-refractivity contribution >= 4 is 10.8 Å². The molecule has 0 saturated heterocycles. The number of aromatic nitrogens is 5. The molecule has 0 saturated carbocycles. The Bertz CT molecular complexity index is 1310. The fourth-order valence-corrected chi connectivity index (χ4v) is 4.03. The van der Waals surface area contributed by atoms with Gasteiger partial charge in [0.05, 0.1) is 29.1 Å². The second-order valence-corrected chi connectivity index (χ2v) is 8.22. The SMILES string of the molecule is CO[C@H](c1ccc(-n2ncc3ccccc3c2=O)cc1)[C@H](C)/C=C/CCn1cc(CCO)nn1. The molecule has 176 valence electrons. The van der Waals surface area contributed by atoms with Gasteiger partial charge in [-0.05, 0) is 30.2 Å². The molecule has 0 fully saturated rings. The molecule has 4 aromatic rings. The summed E-state index contributed by atoms with van der Waals surface area (Å²) in [7, 11) is 1.70. The molecule has 8 heteroatoms. The van der Waals surface area contributed by atoms with E-state index >= 15 is 0 Å². The fourth-order valence-electron chi connectivity index (χ4n) is 4.03. The van der Waals surface area contributed by atoms with Gasteiger partial charge < -0.3 is 9.84 Å². The van der Waals surface area contributed by atoms with Gasteiger partial charge in [-0.2, -0.15) is 9.78 Å². The molecule has 0 aliphatic heterocycles. The van der Waals surface area contributed by atoms with Crippen molar-refractivity contribution in [2.75, 3.05) is 13.7 Å². The number of fused-ring (bicyclic) bond motifs is 1. The molecule has 0 spiro atoms. The Kier molecular flexibility index (Phi) is 7.61. The average molecular weight is 460 g/mol. The molecule has 1 N–H and O–H groups in total. The molecule has 0 aliphatic carbocycles. The molecular weight excluding hydrogens is 430 g/mol. The summed E-state index contributed by atoms with van der Waals surface area (Å²) in [5.41, 5.74) is 2.40. The van der Waals surface area contributed by atoms with Gasteiger partial charge in [-0.15, -0.1) is 5.10 Å². The number of nitrogens with zero attached hydrogens (tertiary/aromatic N) is 5. The van der Waals surface area contributed by atoms with E-state index in [4.69, 9.17) is 9.84 Å². The Morgan fingerprint density at radius 3 is 2.71 bits per heavy atom. The van der Waals surface area contributed by atoms with Crippen molar-refractivity contribution < 1.29 is 9.84 Å². The first kappa shape index (κ1) is 23.5. The van der Waals surface area contributed by atoms with E-state index in [1.165, 1.54) is 4.68 Å². The largest absolute Gasteiger partial charge is 0.396 e. The van der Waals surface area contributed by atoms with E-state index in [0.29, 0.717) is 17.5 Å². The summed E-state index contributed by atoms with van der Waals surface area (Å²) in [6.07, 6.45) is 9.06. The van der Waals surface area contributed by atoms with Crippen LogP contribution >= 0.6 is 0 Å². The van der Waals surface area contributed by atoms with Crippen LogP contribution < -0.4 is 5.56 Å². The molecular formula is C26H29N5O3. The number of ether oxygens (including phenoxy) is 1. The predicted molar refractivity (Wildman–Crippen MR) is 131 cm³/mol. The van der Waals surface area contributed by atoms with E-state index in [9.17, 15) is 4.79 Å². The molecule has 0 radical (unpaired) electrons. The van der Waals surface area contributed by atoms with Crippen molar-refractivity contribution in [3.63, 3.8) is 0 Å². The number of aryl methyl sites for hydroxylation is 1. The highest BCUT2D eigenvalue weighted by Crippen LogP contribution is 2.27. The van der Waals surface area contributed by atoms with Gasteiger partial charge in [0.15, 0.2) is 0 Å². The van der Waals surface area contributed by atoms with Gasteiger partial charge in [0.25, 0.3) is 5.56 Å². The highest BCUT2D eigenvalue weighted by atomic mass is 16.5. The molecule has 4 rings (SSSR count). The van der Waals surface area contributed by atoms with Gasteiger partial charge in [-0.1, -0.05) is 54.6 Å². The van der Waals surface area contributed by atoms with E-state index in [-0.39, 0.29) is 24.2 Å². The third-order valence-electron chi connectivity index (χ3n) is 5.81. The highest BCUT2D eigenvalue weighted by molar-refractivity contribution is 5.80. The molecule has 0 unspecified atom stereocenters. The van der Waals surface area contributed by atoms with Crippen molar-refractivity contribution in [2.45, 2.75) is 32.4 Å². The lowest BCUT2D eigenvalue weighted by Crippen LogP contribution is -2.21. The summed E-state index contributed by atoms with van der Waals surface area (Å²) in [5.74, 6) is 0.151. The maximum Gasteiger partial charge on any atom is 0.279 e. The highest BCUT2D eigenvalue weighted by Gasteiger charge is 2.17. The first-order valence-electron chi connectivity index (χ1n) is 11.4. The van der Waals surface area contributed by atoms with Gasteiger partial charge in [0.2, 0.25) is 0 Å². The van der Waals surface area contributed by atoms with E-state index < -0.39 is 0 Å². The smallest absolute Gasteiger partial charge is 0.279 e. The molecule has 0 amide bonds. The van der Waals surface area contributed by atoms with E-state index in [2.05, 4.69) is 34.5 Å². The van der Waals surface area contributed by atoms with Crippen LogP contribution in [0.5, 0.6) is 0 Å². The predicted octanol–water partition coefficient (Wildman–Crippen LogP) is 3.48. The molecule has 0 aliphatic rings. The summed E-state index contributed by atoms with van der Waals surface area (Å²) >= 11 is 0. The number of methoxy groups -OCH3 is 1. The van der Waals surface area contributed by atoms with Gasteiger partial charge in [0, 0.05) is 44.2 Å². The van der Waals surface area contributed by atoms with Crippen molar-refractivity contribution in [3.8, 4) is 5.69 Å². The van der Waals surface area contributed by atoms with E-state index in [0.717, 1.165) is 29.6 Å². The van der Waals surface area contributed by atoms with Gasteiger partial charge >= 0.3 is 0 Å². The third kappa shape index (κ3) is 5.30. The quantitative estimate of drug-likeness (QED) is 0.365. The first-order chi connectivity index (χ1) is 16.6. The van der Waals surface area contributed by atoms with Crippen LogP contribution in [0.1, 0.15) is 30.7 Å². The minimum Gasteiger partial charge on any atom is -0.396 e. The summed E-state index contributed by atoms with van der Waals surface area (Å²) in [6.45, 7) is 2.91. The Morgan fingerprint density at radius 1 is 1.15 bits per heavy atom. The number of benzene rings is 2. The van der Waals surface area contributed by atoms with Crippen molar-refractivity contribution in [1.29, 1.82) is 0 Å². The summed E-state index contributed by atoms with van der Waals surface area (Å²) in [4.78, 5) is 12.8. The number of aliphatic hydroxyl groups excluding tert-OH is 1. The monoisotopic (exact) mass is 459 g/mol. The fraction of sp³-hybridized carbons (Fsp3) is 0.308. The van der Waals surface area contributed by atoms with Crippen LogP contribution in [-0.2, 0) is 17.7 Å². The first-order valence-corrected chi connectivity index (χ1v) is 11.4. The molecule has 2 aromatic heterocycles. The zero-order chi connectivity index (χ0) is 23.9. The number of hydrogen-bond acceptors (Lipinski definition) is 6. The van der Waals surface area contributed by atoms with Crippen molar-refractivity contribution in [2.24, 2.45) is 5.92 Å². The van der Waals surface area contributed by atoms with Crippen LogP contribution in [0.2, 0.25) is 0 Å². The standard InChI is InChI=1S/C26H29N5O3/c1-19(7-5-6-15-30-18-22(14-16-32)28-29-30)25(34-2)20-10-12-23(13-11-20)31-26(33)24-9-4-3-8-21(24)17-27-31/h3-5,7-13,17-19,25,32H,6,14-16H2,1-2H3/b7-5+/t19-,25+/m1/s1. The van der Waals surface area contributed by atoms with Gasteiger partial charge in [-0.25, -0.2) is 0 Å². The Hall–Kier alpha value is -3.62. The number of rotatable bonds is 10. The molecule has 2 heterocycles. The summed E-state index contributed by atoms with van der Waals surface area (Å²) in [5, 5.41) is 22.9.